The highest BCUT2D eigenvalue weighted by Crippen LogP contribution is 2.36. The van der Waals surface area contributed by atoms with Gasteiger partial charge in [-0.25, -0.2) is 28.8 Å². The molecule has 15 N–H and O–H groups in total. The Bertz CT molecular complexity index is 5860. The predicted molar refractivity (Wildman–Crippen MR) is 505 cm³/mol. The molecule has 9 heterocycles. The number of esters is 6. The molecule has 6 atom stereocenters. The minimum atomic E-state index is -1.06. The summed E-state index contributed by atoms with van der Waals surface area (Å²) in [7, 11) is 7.82. The van der Waals surface area contributed by atoms with Gasteiger partial charge >= 0.3 is 35.8 Å². The third-order valence-corrected chi connectivity index (χ3v) is 23.8. The Balaban J connectivity index is 0.819. The number of nitrogens with one attached hydrogen (secondary N) is 15. The molecule has 0 saturated heterocycles. The molecule has 7 aromatic carbocycles. The Morgan fingerprint density at radius 3 is 0.561 bits per heavy atom. The highest BCUT2D eigenvalue weighted by atomic mass is 16.5. The van der Waals surface area contributed by atoms with Crippen molar-refractivity contribution in [1.29, 1.82) is 0 Å². The molecular formula is C96H102N24O12. The number of para-hydroxylation sites is 6. The first kappa shape index (κ1) is 89.2. The molecule has 132 heavy (non-hydrogen) atoms. The number of benzene rings is 7. The molecule has 0 unspecified atom stereocenters. The lowest BCUT2D eigenvalue weighted by atomic mass is 9.83. The van der Waals surface area contributed by atoms with Crippen molar-refractivity contribution in [2.24, 2.45) is 0 Å². The van der Waals surface area contributed by atoms with Crippen molar-refractivity contribution in [2.75, 3.05) is 90.5 Å². The maximum Gasteiger partial charge on any atom is 0.328 e. The van der Waals surface area contributed by atoms with Gasteiger partial charge in [-0.2, -0.15) is 44.9 Å². The fraction of sp³-hybridized carbons (Fsp3) is 0.281. The minimum absolute atomic E-state index is 0.0229. The second-order valence-corrected chi connectivity index (χ2v) is 31.6. The molecule has 16 aromatic rings. The van der Waals surface area contributed by atoms with Gasteiger partial charge in [0.25, 0.3) is 0 Å². The normalized spacial score (nSPS) is 12.8. The number of aromatic amines is 6. The summed E-state index contributed by atoms with van der Waals surface area (Å²) < 4.78 is 32.8. The molecule has 0 fully saturated rings. The summed E-state index contributed by atoms with van der Waals surface area (Å²) in [6, 6.07) is 40.1. The largest absolute Gasteiger partial charge is 0.467 e. The topological polar surface area (TPSA) is 477 Å². The summed E-state index contributed by atoms with van der Waals surface area (Å²) in [6.45, 7) is 6.24. The van der Waals surface area contributed by atoms with Crippen molar-refractivity contribution in [3.05, 3.63) is 250 Å². The third-order valence-electron chi connectivity index (χ3n) is 23.8. The first-order chi connectivity index (χ1) is 64.4. The van der Waals surface area contributed by atoms with Gasteiger partial charge in [0.05, 0.1) is 42.7 Å². The fourth-order valence-corrected chi connectivity index (χ4v) is 17.3. The second kappa shape index (κ2) is 40.9. The van der Waals surface area contributed by atoms with Crippen LogP contribution in [0.15, 0.2) is 183 Å². The molecule has 678 valence electrons. The van der Waals surface area contributed by atoms with E-state index in [1.165, 1.54) is 42.7 Å². The number of nitrogens with zero attached hydrogens (tertiary/aromatic N) is 9. The molecule has 0 aliphatic heterocycles. The number of carbonyl (C=O) groups is 6. The van der Waals surface area contributed by atoms with Crippen molar-refractivity contribution in [3.63, 3.8) is 0 Å². The molecule has 0 bridgehead atoms. The summed E-state index contributed by atoms with van der Waals surface area (Å²) >= 11 is 0. The van der Waals surface area contributed by atoms with Crippen LogP contribution in [0.2, 0.25) is 0 Å². The Morgan fingerprint density at radius 1 is 0.242 bits per heavy atom. The van der Waals surface area contributed by atoms with Gasteiger partial charge in [0.1, 0.15) is 36.3 Å². The van der Waals surface area contributed by atoms with Gasteiger partial charge in [-0.15, -0.1) is 0 Å². The van der Waals surface area contributed by atoms with Crippen LogP contribution >= 0.6 is 0 Å². The summed E-state index contributed by atoms with van der Waals surface area (Å²) in [6.07, 6.45) is 13.1. The lowest BCUT2D eigenvalue weighted by Gasteiger charge is -2.27. The number of ether oxygens (including phenoxy) is 6. The summed E-state index contributed by atoms with van der Waals surface area (Å²) in [5, 5.41) is 35.8. The van der Waals surface area contributed by atoms with Crippen LogP contribution in [0, 0.1) is 0 Å². The zero-order chi connectivity index (χ0) is 91.9. The predicted octanol–water partition coefficient (Wildman–Crippen LogP) is 12.8. The van der Waals surface area contributed by atoms with Gasteiger partial charge in [0.15, 0.2) is 0 Å². The summed E-state index contributed by atoms with van der Waals surface area (Å²) in [4.78, 5) is 149. The fourth-order valence-electron chi connectivity index (χ4n) is 17.3. The van der Waals surface area contributed by atoms with Gasteiger partial charge in [-0.05, 0) is 122 Å². The molecule has 0 aliphatic carbocycles. The van der Waals surface area contributed by atoms with E-state index in [4.69, 9.17) is 73.3 Å². The molecule has 36 heteroatoms. The Morgan fingerprint density at radius 2 is 0.402 bits per heavy atom. The first-order valence-electron chi connectivity index (χ1n) is 43.4. The summed E-state index contributed by atoms with van der Waals surface area (Å²) in [5.74, 6) is -3.91. The lowest BCUT2D eigenvalue weighted by Crippen LogP contribution is -2.35. The molecule has 9 aromatic heterocycles. The number of methoxy groups -OCH3 is 6. The molecular weight excluding hydrogens is 1680 g/mol. The van der Waals surface area contributed by atoms with E-state index in [0.29, 0.717) is 19.3 Å². The number of carbonyl (C=O) groups excluding carboxylic acids is 6. The van der Waals surface area contributed by atoms with Crippen molar-refractivity contribution >= 4 is 155 Å². The Hall–Kier alpha value is -16.2. The molecule has 0 aliphatic rings. The van der Waals surface area contributed by atoms with Crippen molar-refractivity contribution in [2.45, 2.75) is 134 Å². The number of hydrogen-bond donors (Lipinski definition) is 15. The van der Waals surface area contributed by atoms with Gasteiger partial charge in [0, 0.05) is 161 Å². The van der Waals surface area contributed by atoms with E-state index in [1.54, 1.807) is 0 Å². The third kappa shape index (κ3) is 20.1. The standard InChI is InChI=1S/C96H102N24O12/c1-10-58-67(49-103-88-112-91(106-76(82(121)127-4)37-52-43-97-70-31-19-13-25-61(52)70)118-92(113-88)107-77(83(122)128-5)38-53-44-98-71-32-20-14-26-62(53)71)59(11-2)69(51-105-90-116-95(110-80(86(125)131-8)41-56-47-101-74-35-23-17-29-65(56)74)120-96(117-90)111-81(87(126)132-9)42-57-48-102-75-36-24-18-30-66(57)75)60(12-3)68(58)50-104-89-114-93(108-78(84(123)129-6)39-54-45-99-72-33-21-15-27-63(54)72)119-94(115-89)109-79(85(124)130-7)40-55-46-100-73-34-22-16-28-64(55)73/h13-36,43-48,76-81,97-102H,10-12,37-42,49-51H2,1-9H3,(H3,103,106,107,112,113,118)(H3,104,108,109,114,115,119)(H3,105,110,111,116,117,120)/t76-,77-,78-,79-,80-,81-/m0/s1. The first-order valence-corrected chi connectivity index (χ1v) is 43.4. The summed E-state index contributed by atoms with van der Waals surface area (Å²) in [5.41, 5.74) is 15.1. The zero-order valence-electron chi connectivity index (χ0n) is 74.2. The van der Waals surface area contributed by atoms with Gasteiger partial charge in [-0.1, -0.05) is 130 Å². The second-order valence-electron chi connectivity index (χ2n) is 31.6. The highest BCUT2D eigenvalue weighted by molar-refractivity contribution is 5.92. The Kier molecular flexibility index (Phi) is 27.6. The van der Waals surface area contributed by atoms with E-state index in [0.717, 1.165) is 132 Å². The monoisotopic (exact) mass is 1780 g/mol. The average molecular weight is 1780 g/mol. The lowest BCUT2D eigenvalue weighted by molar-refractivity contribution is -0.142. The number of aromatic nitrogens is 15. The van der Waals surface area contributed by atoms with E-state index in [1.807, 2.05) is 183 Å². The molecule has 0 amide bonds. The van der Waals surface area contributed by atoms with Gasteiger partial charge in [-0.3, -0.25) is 0 Å². The number of rotatable bonds is 42. The van der Waals surface area contributed by atoms with Crippen LogP contribution in [0.1, 0.15) is 87.5 Å². The van der Waals surface area contributed by atoms with Crippen LogP contribution in [0.4, 0.5) is 53.5 Å². The molecule has 0 saturated carbocycles. The maximum atomic E-state index is 14.2. The molecule has 16 rings (SSSR count). The molecule has 36 nitrogen and oxygen atoms in total. The average Bonchev–Trinajstić information content (AvgIpc) is 1.43. The number of fused-ring (bicyclic) bond motifs is 6. The minimum Gasteiger partial charge on any atom is -0.467 e. The quantitative estimate of drug-likeness (QED) is 0.0125. The van der Waals surface area contributed by atoms with E-state index in [9.17, 15) is 28.8 Å². The number of H-pyrrole nitrogens is 6. The van der Waals surface area contributed by atoms with Crippen molar-refractivity contribution in [3.8, 4) is 0 Å². The van der Waals surface area contributed by atoms with Crippen LogP contribution in [0.3, 0.4) is 0 Å². The van der Waals surface area contributed by atoms with Gasteiger partial charge in [0.2, 0.25) is 53.5 Å². The van der Waals surface area contributed by atoms with Crippen LogP contribution < -0.4 is 47.9 Å². The van der Waals surface area contributed by atoms with E-state index < -0.39 is 72.1 Å². The van der Waals surface area contributed by atoms with Crippen molar-refractivity contribution in [1.82, 2.24) is 74.8 Å². The number of hydrogen-bond acceptors (Lipinski definition) is 30. The molecule has 0 radical (unpaired) electrons. The van der Waals surface area contributed by atoms with Crippen LogP contribution in [0.25, 0.3) is 65.4 Å². The highest BCUT2D eigenvalue weighted by Gasteiger charge is 2.33. The van der Waals surface area contributed by atoms with Crippen LogP contribution in [-0.2, 0) is 135 Å². The van der Waals surface area contributed by atoms with E-state index >= 15 is 0 Å². The van der Waals surface area contributed by atoms with Gasteiger partial charge < -0.3 is 106 Å². The van der Waals surface area contributed by atoms with E-state index in [-0.39, 0.29) is 112 Å². The SMILES string of the molecule is CCc1c(CNc2nc(N[C@@H](Cc3c[nH]c4ccccc34)C(=O)OC)nc(N[C@@H](Cc3c[nH]c4ccccc34)C(=O)OC)n2)c(CC)c(CNc2nc(N[C@@H](Cc3c[nH]c4ccccc34)C(=O)OC)nc(N[C@@H](Cc3c[nH]c4ccccc34)C(=O)OC)n2)c(CC)c1CNc1nc(N[C@@H](Cc2c[nH]c3ccccc23)C(=O)OC)nc(N[C@@H](Cc2c[nH]c3ccccc23)C(=O)OC)n1. The smallest absolute Gasteiger partial charge is 0.328 e. The Labute approximate surface area is 757 Å². The van der Waals surface area contributed by atoms with Crippen LogP contribution in [0.5, 0.6) is 0 Å². The van der Waals surface area contributed by atoms with E-state index in [2.05, 4.69) is 98.5 Å². The zero-order valence-corrected chi connectivity index (χ0v) is 74.2. The maximum absolute atomic E-state index is 14.2. The van der Waals surface area contributed by atoms with Crippen molar-refractivity contribution < 1.29 is 57.2 Å². The number of anilines is 9. The molecule has 0 spiro atoms. The van der Waals surface area contributed by atoms with Crippen LogP contribution in [-0.4, -0.2) is 189 Å².